The van der Waals surface area contributed by atoms with Crippen LogP contribution in [0.15, 0.2) is 15.9 Å². The Labute approximate surface area is 122 Å². The first-order valence-electron chi connectivity index (χ1n) is 6.51. The molecule has 1 aromatic heterocycles. The molecule has 1 aliphatic heterocycles. The third-order valence-electron chi connectivity index (χ3n) is 3.26. The second-order valence-corrected chi connectivity index (χ2v) is 7.08. The molecule has 2 unspecified atom stereocenters. The van der Waals surface area contributed by atoms with E-state index in [1.165, 1.54) is 15.1 Å². The molecular formula is C13H21BrN2OS. The summed E-state index contributed by atoms with van der Waals surface area (Å²) in [4.78, 5) is 3.96. The normalized spacial score (nSPS) is 25.5. The van der Waals surface area contributed by atoms with Gasteiger partial charge in [0.05, 0.1) is 22.5 Å². The summed E-state index contributed by atoms with van der Waals surface area (Å²) in [7, 11) is 1.99. The number of hydrogen-bond donors (Lipinski definition) is 1. The van der Waals surface area contributed by atoms with Crippen LogP contribution >= 0.6 is 27.3 Å². The molecule has 1 saturated heterocycles. The Morgan fingerprint density at radius 1 is 1.56 bits per heavy atom. The SMILES string of the molecule is CCCN1CCOC(CNC)C1c1ccc(Br)s1. The molecule has 2 heterocycles. The lowest BCUT2D eigenvalue weighted by atomic mass is 10.0. The molecule has 0 spiro atoms. The molecule has 0 aliphatic carbocycles. The van der Waals surface area contributed by atoms with Crippen molar-refractivity contribution in [2.24, 2.45) is 0 Å². The highest BCUT2D eigenvalue weighted by atomic mass is 79.9. The molecule has 1 N–H and O–H groups in total. The third kappa shape index (κ3) is 3.33. The molecule has 0 aromatic carbocycles. The summed E-state index contributed by atoms with van der Waals surface area (Å²) in [5, 5.41) is 3.25. The van der Waals surface area contributed by atoms with Gasteiger partial charge in [0, 0.05) is 18.0 Å². The van der Waals surface area contributed by atoms with Crippen LogP contribution in [0.2, 0.25) is 0 Å². The summed E-state index contributed by atoms with van der Waals surface area (Å²) < 4.78 is 7.16. The fraction of sp³-hybridized carbons (Fsp3) is 0.692. The third-order valence-corrected chi connectivity index (χ3v) is 4.95. The molecule has 0 saturated carbocycles. The number of nitrogens with zero attached hydrogens (tertiary/aromatic N) is 1. The zero-order valence-corrected chi connectivity index (χ0v) is 13.4. The highest BCUT2D eigenvalue weighted by molar-refractivity contribution is 9.11. The smallest absolute Gasteiger partial charge is 0.0904 e. The van der Waals surface area contributed by atoms with Gasteiger partial charge in [-0.3, -0.25) is 4.90 Å². The van der Waals surface area contributed by atoms with Crippen molar-refractivity contribution in [3.8, 4) is 0 Å². The van der Waals surface area contributed by atoms with Gasteiger partial charge < -0.3 is 10.1 Å². The Morgan fingerprint density at radius 2 is 2.39 bits per heavy atom. The van der Waals surface area contributed by atoms with E-state index in [0.29, 0.717) is 6.04 Å². The van der Waals surface area contributed by atoms with Gasteiger partial charge in [-0.1, -0.05) is 6.92 Å². The number of halogens is 1. The number of ether oxygens (including phenoxy) is 1. The molecular weight excluding hydrogens is 312 g/mol. The van der Waals surface area contributed by atoms with Crippen LogP contribution in [0.3, 0.4) is 0 Å². The first-order chi connectivity index (χ1) is 8.76. The molecule has 5 heteroatoms. The maximum absolute atomic E-state index is 5.96. The van der Waals surface area contributed by atoms with E-state index in [-0.39, 0.29) is 6.10 Å². The number of nitrogens with one attached hydrogen (secondary N) is 1. The molecule has 1 aliphatic rings. The van der Waals surface area contributed by atoms with Gasteiger partial charge in [0.1, 0.15) is 0 Å². The van der Waals surface area contributed by atoms with Gasteiger partial charge in [0.25, 0.3) is 0 Å². The summed E-state index contributed by atoms with van der Waals surface area (Å²) in [6.07, 6.45) is 1.44. The Balaban J connectivity index is 2.20. The topological polar surface area (TPSA) is 24.5 Å². The van der Waals surface area contributed by atoms with Crippen molar-refractivity contribution in [3.05, 3.63) is 20.8 Å². The average Bonchev–Trinajstić information content (AvgIpc) is 2.77. The Hall–Kier alpha value is 0.0600. The monoisotopic (exact) mass is 332 g/mol. The summed E-state index contributed by atoms with van der Waals surface area (Å²) in [5.41, 5.74) is 0. The predicted octanol–water partition coefficient (Wildman–Crippen LogP) is 2.88. The van der Waals surface area contributed by atoms with Gasteiger partial charge in [0.2, 0.25) is 0 Å². The van der Waals surface area contributed by atoms with Gasteiger partial charge in [-0.2, -0.15) is 0 Å². The van der Waals surface area contributed by atoms with Crippen molar-refractivity contribution in [2.45, 2.75) is 25.5 Å². The number of rotatable bonds is 5. The molecule has 2 atom stereocenters. The fourth-order valence-electron chi connectivity index (χ4n) is 2.55. The van der Waals surface area contributed by atoms with Crippen LogP contribution in [0, 0.1) is 0 Å². The first-order valence-corrected chi connectivity index (χ1v) is 8.12. The van der Waals surface area contributed by atoms with Gasteiger partial charge >= 0.3 is 0 Å². The van der Waals surface area contributed by atoms with Gasteiger partial charge in [-0.15, -0.1) is 11.3 Å². The van der Waals surface area contributed by atoms with Crippen LogP contribution in [0.25, 0.3) is 0 Å². The maximum atomic E-state index is 5.96. The summed E-state index contributed by atoms with van der Waals surface area (Å²) in [6.45, 7) is 6.16. The maximum Gasteiger partial charge on any atom is 0.0904 e. The van der Waals surface area contributed by atoms with Gasteiger partial charge in [0.15, 0.2) is 0 Å². The number of hydrogen-bond acceptors (Lipinski definition) is 4. The van der Waals surface area contributed by atoms with Crippen molar-refractivity contribution < 1.29 is 4.74 Å². The number of likely N-dealkylation sites (N-methyl/N-ethyl adjacent to an activating group) is 1. The van der Waals surface area contributed by atoms with Crippen molar-refractivity contribution >= 4 is 27.3 Å². The van der Waals surface area contributed by atoms with Crippen LogP contribution < -0.4 is 5.32 Å². The quantitative estimate of drug-likeness (QED) is 0.897. The van der Waals surface area contributed by atoms with Crippen molar-refractivity contribution in [3.63, 3.8) is 0 Å². The standard InChI is InChI=1S/C13H21BrN2OS/c1-3-6-16-7-8-17-10(9-15-2)13(16)11-4-5-12(14)18-11/h4-5,10,13,15H,3,6-9H2,1-2H3. The minimum atomic E-state index is 0.251. The summed E-state index contributed by atoms with van der Waals surface area (Å²) in [5.74, 6) is 0. The van der Waals surface area contributed by atoms with E-state index in [1.54, 1.807) is 0 Å². The van der Waals surface area contributed by atoms with E-state index in [0.717, 1.165) is 26.2 Å². The molecule has 1 fully saturated rings. The first kappa shape index (κ1) is 14.5. The number of thiophene rings is 1. The van der Waals surface area contributed by atoms with Gasteiger partial charge in [-0.25, -0.2) is 0 Å². The molecule has 1 aromatic rings. The fourth-order valence-corrected chi connectivity index (χ4v) is 4.16. The molecule has 0 radical (unpaired) electrons. The minimum absolute atomic E-state index is 0.251. The lowest BCUT2D eigenvalue weighted by Gasteiger charge is -2.40. The second-order valence-electron chi connectivity index (χ2n) is 4.59. The van der Waals surface area contributed by atoms with E-state index in [4.69, 9.17) is 4.74 Å². The van der Waals surface area contributed by atoms with Crippen molar-refractivity contribution in [2.75, 3.05) is 33.3 Å². The average molecular weight is 333 g/mol. The van der Waals surface area contributed by atoms with E-state index < -0.39 is 0 Å². The number of morpholine rings is 1. The highest BCUT2D eigenvalue weighted by Gasteiger charge is 2.33. The van der Waals surface area contributed by atoms with E-state index in [2.05, 4.69) is 45.2 Å². The molecule has 0 bridgehead atoms. The zero-order valence-electron chi connectivity index (χ0n) is 11.0. The van der Waals surface area contributed by atoms with E-state index in [1.807, 2.05) is 18.4 Å². The Morgan fingerprint density at radius 3 is 3.00 bits per heavy atom. The Bertz CT molecular complexity index is 354. The minimum Gasteiger partial charge on any atom is -0.374 e. The lowest BCUT2D eigenvalue weighted by molar-refractivity contribution is -0.0692. The van der Waals surface area contributed by atoms with Crippen LogP contribution in [-0.4, -0.2) is 44.3 Å². The molecule has 0 amide bonds. The van der Waals surface area contributed by atoms with Crippen LogP contribution in [0.1, 0.15) is 24.3 Å². The zero-order chi connectivity index (χ0) is 13.0. The second kappa shape index (κ2) is 7.01. The van der Waals surface area contributed by atoms with E-state index in [9.17, 15) is 0 Å². The lowest BCUT2D eigenvalue weighted by Crippen LogP contribution is -2.48. The van der Waals surface area contributed by atoms with Gasteiger partial charge in [-0.05, 0) is 48.1 Å². The summed E-state index contributed by atoms with van der Waals surface area (Å²) >= 11 is 5.38. The highest BCUT2D eigenvalue weighted by Crippen LogP contribution is 2.35. The Kier molecular flexibility index (Phi) is 5.63. The van der Waals surface area contributed by atoms with Crippen LogP contribution in [-0.2, 0) is 4.74 Å². The largest absolute Gasteiger partial charge is 0.374 e. The van der Waals surface area contributed by atoms with Crippen LogP contribution in [0.4, 0.5) is 0 Å². The molecule has 2 rings (SSSR count). The van der Waals surface area contributed by atoms with E-state index >= 15 is 0 Å². The predicted molar refractivity (Wildman–Crippen MR) is 80.3 cm³/mol. The summed E-state index contributed by atoms with van der Waals surface area (Å²) in [6, 6.07) is 4.75. The molecule has 3 nitrogen and oxygen atoms in total. The van der Waals surface area contributed by atoms with Crippen molar-refractivity contribution in [1.82, 2.24) is 10.2 Å². The van der Waals surface area contributed by atoms with Crippen molar-refractivity contribution in [1.29, 1.82) is 0 Å². The van der Waals surface area contributed by atoms with Crippen LogP contribution in [0.5, 0.6) is 0 Å². The molecule has 18 heavy (non-hydrogen) atoms. The molecule has 102 valence electrons.